The third-order valence-electron chi connectivity index (χ3n) is 4.34. The van der Waals surface area contributed by atoms with Crippen LogP contribution in [0.4, 0.5) is 11.5 Å². The molecule has 0 bridgehead atoms. The molecule has 0 aliphatic heterocycles. The molecule has 0 saturated carbocycles. The Kier molecular flexibility index (Phi) is 6.89. The first-order valence-electron chi connectivity index (χ1n) is 9.89. The number of anilines is 2. The Hall–Kier alpha value is -3.56. The van der Waals surface area contributed by atoms with Crippen molar-refractivity contribution in [3.05, 3.63) is 34.7 Å². The Balaban J connectivity index is 1.65. The van der Waals surface area contributed by atoms with Gasteiger partial charge in [0.05, 0.1) is 6.61 Å². The lowest BCUT2D eigenvalue weighted by molar-refractivity contribution is -0.131. The summed E-state index contributed by atoms with van der Waals surface area (Å²) in [7, 11) is 0. The zero-order valence-corrected chi connectivity index (χ0v) is 17.1. The molecule has 3 aromatic rings. The van der Waals surface area contributed by atoms with Crippen molar-refractivity contribution in [3.8, 4) is 11.8 Å². The summed E-state index contributed by atoms with van der Waals surface area (Å²) >= 11 is 0. The molecule has 0 amide bonds. The van der Waals surface area contributed by atoms with Crippen molar-refractivity contribution >= 4 is 28.6 Å². The number of hydrogen-bond acceptors (Lipinski definition) is 8. The highest BCUT2D eigenvalue weighted by Gasteiger charge is 2.14. The number of carbonyl (C=O) groups is 1. The van der Waals surface area contributed by atoms with Crippen molar-refractivity contribution < 1.29 is 14.3 Å². The van der Waals surface area contributed by atoms with Gasteiger partial charge >= 0.3 is 17.7 Å². The van der Waals surface area contributed by atoms with Crippen LogP contribution in [0.5, 0.6) is 11.8 Å². The van der Waals surface area contributed by atoms with Crippen molar-refractivity contribution in [3.63, 3.8) is 0 Å². The summed E-state index contributed by atoms with van der Waals surface area (Å²) in [5, 5.41) is 3.25. The fraction of sp³-hybridized carbons (Fsp3) is 0.400. The lowest BCUT2D eigenvalue weighted by atomic mass is 10.3. The van der Waals surface area contributed by atoms with Gasteiger partial charge in [0, 0.05) is 31.8 Å². The van der Waals surface area contributed by atoms with Gasteiger partial charge in [0.2, 0.25) is 0 Å². The molecule has 0 radical (unpaired) electrons. The van der Waals surface area contributed by atoms with E-state index in [9.17, 15) is 9.59 Å². The van der Waals surface area contributed by atoms with Crippen LogP contribution in [0.2, 0.25) is 0 Å². The molecule has 0 spiro atoms. The van der Waals surface area contributed by atoms with Gasteiger partial charge in [0.15, 0.2) is 11.5 Å². The van der Waals surface area contributed by atoms with Gasteiger partial charge in [-0.15, -0.1) is 0 Å². The zero-order valence-electron chi connectivity index (χ0n) is 17.1. The van der Waals surface area contributed by atoms with Crippen LogP contribution in [0.15, 0.2) is 29.1 Å². The van der Waals surface area contributed by atoms with Crippen LogP contribution in [-0.4, -0.2) is 38.6 Å². The molecule has 160 valence electrons. The number of imidazole rings is 1. The standard InChI is InChI=1S/C20H26N6O4/c1-3-4-11-29-19-24-17(21)16-18(25-19)26(20(28)23-16)10-6-9-22-14-7-5-8-15(12-14)30-13(2)27/h5,7-8,12,22H,3-4,6,9-11H2,1-2H3,(H,23,28)(H2,21,24,25). The Bertz CT molecular complexity index is 1070. The first-order chi connectivity index (χ1) is 14.5. The fourth-order valence-electron chi connectivity index (χ4n) is 2.92. The molecular weight excluding hydrogens is 388 g/mol. The largest absolute Gasteiger partial charge is 0.463 e. The summed E-state index contributed by atoms with van der Waals surface area (Å²) in [6.45, 7) is 4.94. The highest BCUT2D eigenvalue weighted by Crippen LogP contribution is 2.19. The summed E-state index contributed by atoms with van der Waals surface area (Å²) < 4.78 is 12.1. The van der Waals surface area contributed by atoms with Crippen LogP contribution in [0.3, 0.4) is 0 Å². The Morgan fingerprint density at radius 2 is 2.13 bits per heavy atom. The molecule has 0 aliphatic rings. The van der Waals surface area contributed by atoms with Crippen LogP contribution >= 0.6 is 0 Å². The topological polar surface area (TPSA) is 137 Å². The quantitative estimate of drug-likeness (QED) is 0.261. The number of rotatable bonds is 10. The number of nitrogens with zero attached hydrogens (tertiary/aromatic N) is 3. The second kappa shape index (κ2) is 9.77. The number of fused-ring (bicyclic) bond motifs is 1. The molecule has 1 aromatic carbocycles. The normalized spacial score (nSPS) is 10.9. The maximum absolute atomic E-state index is 12.3. The molecule has 2 heterocycles. The van der Waals surface area contributed by atoms with Gasteiger partial charge in [-0.25, -0.2) is 4.79 Å². The fourth-order valence-corrected chi connectivity index (χ4v) is 2.92. The molecule has 4 N–H and O–H groups in total. The Labute approximate surface area is 173 Å². The number of esters is 1. The van der Waals surface area contributed by atoms with E-state index in [1.165, 1.54) is 11.5 Å². The van der Waals surface area contributed by atoms with Gasteiger partial charge < -0.3 is 25.5 Å². The van der Waals surface area contributed by atoms with Crippen LogP contribution in [0, 0.1) is 0 Å². The number of aromatic nitrogens is 4. The summed E-state index contributed by atoms with van der Waals surface area (Å²) in [6, 6.07) is 7.29. The minimum Gasteiger partial charge on any atom is -0.463 e. The van der Waals surface area contributed by atoms with Crippen molar-refractivity contribution in [1.29, 1.82) is 0 Å². The molecule has 0 fully saturated rings. The van der Waals surface area contributed by atoms with E-state index in [0.29, 0.717) is 43.0 Å². The van der Waals surface area contributed by atoms with Gasteiger partial charge in [-0.1, -0.05) is 19.4 Å². The van der Waals surface area contributed by atoms with E-state index in [1.54, 1.807) is 18.2 Å². The highest BCUT2D eigenvalue weighted by molar-refractivity contribution is 5.81. The minimum atomic E-state index is -0.370. The molecule has 0 unspecified atom stereocenters. The van der Waals surface area contributed by atoms with Crippen molar-refractivity contribution in [2.45, 2.75) is 39.7 Å². The third-order valence-corrected chi connectivity index (χ3v) is 4.34. The summed E-state index contributed by atoms with van der Waals surface area (Å²) in [5.41, 5.74) is 7.31. The van der Waals surface area contributed by atoms with Crippen molar-refractivity contribution in [2.75, 3.05) is 24.2 Å². The average Bonchev–Trinajstić information content (AvgIpc) is 3.01. The highest BCUT2D eigenvalue weighted by atomic mass is 16.5. The summed E-state index contributed by atoms with van der Waals surface area (Å²) in [4.78, 5) is 34.6. The van der Waals surface area contributed by atoms with Crippen LogP contribution in [-0.2, 0) is 11.3 Å². The van der Waals surface area contributed by atoms with Gasteiger partial charge in [0.1, 0.15) is 11.3 Å². The number of ether oxygens (including phenoxy) is 2. The first-order valence-corrected chi connectivity index (χ1v) is 9.89. The SMILES string of the molecule is CCCCOc1nc(N)c2[nH]c(=O)n(CCCNc3cccc(OC(C)=O)c3)c2n1. The van der Waals surface area contributed by atoms with E-state index in [1.807, 2.05) is 6.07 Å². The number of benzene rings is 1. The minimum absolute atomic E-state index is 0.168. The summed E-state index contributed by atoms with van der Waals surface area (Å²) in [6.07, 6.45) is 2.52. The number of hydrogen-bond donors (Lipinski definition) is 3. The maximum atomic E-state index is 12.3. The zero-order chi connectivity index (χ0) is 21.5. The average molecular weight is 414 g/mol. The number of unbranched alkanes of at least 4 members (excludes halogenated alkanes) is 1. The first kappa shape index (κ1) is 21.2. The molecule has 30 heavy (non-hydrogen) atoms. The number of H-pyrrole nitrogens is 1. The molecule has 10 nitrogen and oxygen atoms in total. The molecule has 3 rings (SSSR count). The number of nitrogens with one attached hydrogen (secondary N) is 2. The number of nitrogen functional groups attached to an aromatic ring is 1. The predicted octanol–water partition coefficient (Wildman–Crippen LogP) is 2.31. The maximum Gasteiger partial charge on any atom is 0.327 e. The van der Waals surface area contributed by atoms with Gasteiger partial charge in [-0.3, -0.25) is 9.36 Å². The van der Waals surface area contributed by atoms with Gasteiger partial charge in [-0.2, -0.15) is 9.97 Å². The van der Waals surface area contributed by atoms with E-state index in [0.717, 1.165) is 18.5 Å². The molecular formula is C20H26N6O4. The summed E-state index contributed by atoms with van der Waals surface area (Å²) in [5.74, 6) is 0.288. The third kappa shape index (κ3) is 5.28. The van der Waals surface area contributed by atoms with E-state index in [4.69, 9.17) is 15.2 Å². The van der Waals surface area contributed by atoms with Crippen LogP contribution < -0.4 is 26.2 Å². The molecule has 0 atom stereocenters. The smallest absolute Gasteiger partial charge is 0.327 e. The van der Waals surface area contributed by atoms with E-state index < -0.39 is 0 Å². The lowest BCUT2D eigenvalue weighted by Crippen LogP contribution is -2.19. The van der Waals surface area contributed by atoms with E-state index >= 15 is 0 Å². The molecule has 10 heteroatoms. The van der Waals surface area contributed by atoms with Crippen LogP contribution in [0.25, 0.3) is 11.2 Å². The van der Waals surface area contributed by atoms with E-state index in [-0.39, 0.29) is 23.5 Å². The number of carbonyl (C=O) groups excluding carboxylic acids is 1. The van der Waals surface area contributed by atoms with Gasteiger partial charge in [-0.05, 0) is 25.0 Å². The van der Waals surface area contributed by atoms with Gasteiger partial charge in [0.25, 0.3) is 0 Å². The second-order valence-corrected chi connectivity index (χ2v) is 6.78. The second-order valence-electron chi connectivity index (χ2n) is 6.78. The van der Waals surface area contributed by atoms with E-state index in [2.05, 4.69) is 27.2 Å². The molecule has 0 saturated heterocycles. The van der Waals surface area contributed by atoms with Crippen molar-refractivity contribution in [1.82, 2.24) is 19.5 Å². The Morgan fingerprint density at radius 3 is 2.90 bits per heavy atom. The monoisotopic (exact) mass is 414 g/mol. The Morgan fingerprint density at radius 1 is 1.30 bits per heavy atom. The number of nitrogens with two attached hydrogens (primary N) is 1. The molecule has 2 aromatic heterocycles. The lowest BCUT2D eigenvalue weighted by Gasteiger charge is -2.09. The number of aryl methyl sites for hydroxylation is 1. The van der Waals surface area contributed by atoms with Crippen LogP contribution in [0.1, 0.15) is 33.1 Å². The predicted molar refractivity (Wildman–Crippen MR) is 114 cm³/mol. The van der Waals surface area contributed by atoms with Crippen molar-refractivity contribution in [2.24, 2.45) is 0 Å². The molecule has 0 aliphatic carbocycles. The number of aromatic amines is 1.